The first kappa shape index (κ1) is 15.5. The standard InChI is InChI=1S/C20H13ClFN3/c21-14-6-11-17-18(12-14)24-19(13-4-2-1-3-5-13)25-20(17)23-16-9-7-15(22)8-10-16/h1-12H,(H,23,24,25). The molecule has 1 N–H and O–H groups in total. The number of fused-ring (bicyclic) bond motifs is 1. The topological polar surface area (TPSA) is 37.8 Å². The molecule has 0 saturated heterocycles. The third kappa shape index (κ3) is 3.30. The summed E-state index contributed by atoms with van der Waals surface area (Å²) < 4.78 is 13.1. The lowest BCUT2D eigenvalue weighted by Crippen LogP contribution is -1.99. The number of aromatic nitrogens is 2. The van der Waals surface area contributed by atoms with Crippen LogP contribution in [0.3, 0.4) is 0 Å². The van der Waals surface area contributed by atoms with Crippen LogP contribution in [0, 0.1) is 5.82 Å². The molecule has 5 heteroatoms. The molecule has 0 atom stereocenters. The second-order valence-electron chi connectivity index (χ2n) is 5.56. The number of benzene rings is 3. The molecule has 0 amide bonds. The summed E-state index contributed by atoms with van der Waals surface area (Å²) in [5.74, 6) is 0.960. The van der Waals surface area contributed by atoms with Crippen molar-refractivity contribution in [2.45, 2.75) is 0 Å². The molecule has 3 nitrogen and oxygen atoms in total. The average molecular weight is 350 g/mol. The molecule has 0 aliphatic carbocycles. The Labute approximate surface area is 149 Å². The van der Waals surface area contributed by atoms with E-state index < -0.39 is 0 Å². The van der Waals surface area contributed by atoms with Crippen LogP contribution in [-0.4, -0.2) is 9.97 Å². The first-order valence-corrected chi connectivity index (χ1v) is 8.12. The van der Waals surface area contributed by atoms with Gasteiger partial charge in [0.1, 0.15) is 11.6 Å². The van der Waals surface area contributed by atoms with Gasteiger partial charge in [0, 0.05) is 21.7 Å². The minimum absolute atomic E-state index is 0.283. The van der Waals surface area contributed by atoms with Crippen LogP contribution in [0.5, 0.6) is 0 Å². The molecule has 4 rings (SSSR count). The van der Waals surface area contributed by atoms with E-state index in [1.165, 1.54) is 12.1 Å². The molecule has 1 heterocycles. The van der Waals surface area contributed by atoms with Gasteiger partial charge < -0.3 is 5.32 Å². The molecule has 0 bridgehead atoms. The van der Waals surface area contributed by atoms with Crippen molar-refractivity contribution in [2.24, 2.45) is 0 Å². The molecule has 0 unspecified atom stereocenters. The van der Waals surface area contributed by atoms with E-state index in [0.29, 0.717) is 16.7 Å². The highest BCUT2D eigenvalue weighted by molar-refractivity contribution is 6.31. The van der Waals surface area contributed by atoms with Crippen LogP contribution in [0.25, 0.3) is 22.3 Å². The summed E-state index contributed by atoms with van der Waals surface area (Å²) in [6.45, 7) is 0. The Hall–Kier alpha value is -2.98. The lowest BCUT2D eigenvalue weighted by atomic mass is 10.2. The van der Waals surface area contributed by atoms with Crippen molar-refractivity contribution >= 4 is 34.0 Å². The SMILES string of the molecule is Fc1ccc(Nc2nc(-c3ccccc3)nc3cc(Cl)ccc23)cc1. The van der Waals surface area contributed by atoms with Gasteiger partial charge in [0.05, 0.1) is 5.52 Å². The van der Waals surface area contributed by atoms with E-state index in [0.717, 1.165) is 22.2 Å². The number of nitrogens with zero attached hydrogens (tertiary/aromatic N) is 2. The maximum Gasteiger partial charge on any atom is 0.162 e. The Balaban J connectivity index is 1.87. The Morgan fingerprint density at radius 2 is 1.60 bits per heavy atom. The summed E-state index contributed by atoms with van der Waals surface area (Å²) in [4.78, 5) is 9.29. The zero-order chi connectivity index (χ0) is 17.2. The van der Waals surface area contributed by atoms with Crippen molar-refractivity contribution in [1.82, 2.24) is 9.97 Å². The van der Waals surface area contributed by atoms with E-state index in [9.17, 15) is 4.39 Å². The second kappa shape index (κ2) is 6.49. The van der Waals surface area contributed by atoms with Crippen LogP contribution >= 0.6 is 11.6 Å². The number of nitrogens with one attached hydrogen (secondary N) is 1. The summed E-state index contributed by atoms with van der Waals surface area (Å²) in [5, 5.41) is 4.69. The van der Waals surface area contributed by atoms with Gasteiger partial charge in [-0.15, -0.1) is 0 Å². The van der Waals surface area contributed by atoms with Gasteiger partial charge in [0.15, 0.2) is 5.82 Å². The molecule has 25 heavy (non-hydrogen) atoms. The van der Waals surface area contributed by atoms with E-state index in [1.807, 2.05) is 36.4 Å². The molecule has 122 valence electrons. The predicted octanol–water partition coefficient (Wildman–Crippen LogP) is 5.83. The maximum absolute atomic E-state index is 13.1. The highest BCUT2D eigenvalue weighted by atomic mass is 35.5. The van der Waals surface area contributed by atoms with Gasteiger partial charge in [-0.3, -0.25) is 0 Å². The van der Waals surface area contributed by atoms with Crippen molar-refractivity contribution in [1.29, 1.82) is 0 Å². The minimum atomic E-state index is -0.283. The molecule has 0 aliphatic heterocycles. The normalized spacial score (nSPS) is 10.8. The van der Waals surface area contributed by atoms with Crippen LogP contribution in [0.2, 0.25) is 5.02 Å². The Morgan fingerprint density at radius 1 is 0.840 bits per heavy atom. The molecule has 0 radical (unpaired) electrons. The largest absolute Gasteiger partial charge is 0.340 e. The Bertz CT molecular complexity index is 1030. The van der Waals surface area contributed by atoms with Crippen LogP contribution in [-0.2, 0) is 0 Å². The number of hydrogen-bond donors (Lipinski definition) is 1. The van der Waals surface area contributed by atoms with E-state index in [1.54, 1.807) is 24.3 Å². The summed E-state index contributed by atoms with van der Waals surface area (Å²) in [6, 6.07) is 21.3. The zero-order valence-electron chi connectivity index (χ0n) is 13.1. The molecule has 0 fully saturated rings. The predicted molar refractivity (Wildman–Crippen MR) is 99.7 cm³/mol. The number of hydrogen-bond acceptors (Lipinski definition) is 3. The summed E-state index contributed by atoms with van der Waals surface area (Å²) >= 11 is 6.12. The highest BCUT2D eigenvalue weighted by Crippen LogP contribution is 2.29. The van der Waals surface area contributed by atoms with E-state index in [4.69, 9.17) is 11.6 Å². The Kier molecular flexibility index (Phi) is 4.04. The molecule has 1 aromatic heterocycles. The summed E-state index contributed by atoms with van der Waals surface area (Å²) in [6.07, 6.45) is 0. The maximum atomic E-state index is 13.1. The van der Waals surface area contributed by atoms with Crippen LogP contribution in [0.1, 0.15) is 0 Å². The number of halogens is 2. The van der Waals surface area contributed by atoms with Crippen LogP contribution < -0.4 is 5.32 Å². The minimum Gasteiger partial charge on any atom is -0.340 e. The van der Waals surface area contributed by atoms with Crippen LogP contribution in [0.4, 0.5) is 15.9 Å². The van der Waals surface area contributed by atoms with Gasteiger partial charge in [-0.1, -0.05) is 41.9 Å². The van der Waals surface area contributed by atoms with Gasteiger partial charge in [0.25, 0.3) is 0 Å². The van der Waals surface area contributed by atoms with E-state index in [2.05, 4.69) is 15.3 Å². The fraction of sp³-hybridized carbons (Fsp3) is 0. The third-order valence-corrected chi connectivity index (χ3v) is 4.03. The molecule has 0 saturated carbocycles. The van der Waals surface area contributed by atoms with Crippen LogP contribution in [0.15, 0.2) is 72.8 Å². The monoisotopic (exact) mass is 349 g/mol. The molecule has 4 aromatic rings. The van der Waals surface area contributed by atoms with Crippen molar-refractivity contribution in [3.63, 3.8) is 0 Å². The highest BCUT2D eigenvalue weighted by Gasteiger charge is 2.10. The van der Waals surface area contributed by atoms with Crippen molar-refractivity contribution in [3.8, 4) is 11.4 Å². The zero-order valence-corrected chi connectivity index (χ0v) is 13.8. The van der Waals surface area contributed by atoms with E-state index in [-0.39, 0.29) is 5.82 Å². The first-order chi connectivity index (χ1) is 12.2. The number of rotatable bonds is 3. The van der Waals surface area contributed by atoms with Gasteiger partial charge in [0.2, 0.25) is 0 Å². The fourth-order valence-electron chi connectivity index (χ4n) is 2.58. The summed E-state index contributed by atoms with van der Waals surface area (Å²) in [7, 11) is 0. The molecule has 0 spiro atoms. The van der Waals surface area contributed by atoms with E-state index >= 15 is 0 Å². The quantitative estimate of drug-likeness (QED) is 0.505. The first-order valence-electron chi connectivity index (χ1n) is 7.74. The van der Waals surface area contributed by atoms with Crippen molar-refractivity contribution in [2.75, 3.05) is 5.32 Å². The molecular formula is C20H13ClFN3. The number of anilines is 2. The molecule has 0 aliphatic rings. The Morgan fingerprint density at radius 3 is 2.36 bits per heavy atom. The van der Waals surface area contributed by atoms with Crippen molar-refractivity contribution < 1.29 is 4.39 Å². The average Bonchev–Trinajstić information content (AvgIpc) is 2.64. The second-order valence-corrected chi connectivity index (χ2v) is 5.99. The van der Waals surface area contributed by atoms with Gasteiger partial charge in [-0.2, -0.15) is 0 Å². The van der Waals surface area contributed by atoms with Crippen molar-refractivity contribution in [3.05, 3.63) is 83.6 Å². The fourth-order valence-corrected chi connectivity index (χ4v) is 2.75. The van der Waals surface area contributed by atoms with Gasteiger partial charge >= 0.3 is 0 Å². The lowest BCUT2D eigenvalue weighted by Gasteiger charge is -2.11. The lowest BCUT2D eigenvalue weighted by molar-refractivity contribution is 0.628. The molecule has 3 aromatic carbocycles. The van der Waals surface area contributed by atoms with Gasteiger partial charge in [-0.25, -0.2) is 14.4 Å². The molecular weight excluding hydrogens is 337 g/mol. The van der Waals surface area contributed by atoms with Gasteiger partial charge in [-0.05, 0) is 42.5 Å². The smallest absolute Gasteiger partial charge is 0.162 e. The third-order valence-electron chi connectivity index (χ3n) is 3.80. The summed E-state index contributed by atoms with van der Waals surface area (Å²) in [5.41, 5.74) is 2.40.